The molecule has 1 aliphatic heterocycles. The second-order valence-electron chi connectivity index (χ2n) is 8.23. The summed E-state index contributed by atoms with van der Waals surface area (Å²) in [6.45, 7) is 3.69. The Bertz CT molecular complexity index is 474. The molecular formula is C21H34NO+. The number of hydrogen-bond acceptors (Lipinski definition) is 1. The minimum atomic E-state index is -0.625. The van der Waals surface area contributed by atoms with Gasteiger partial charge >= 0.3 is 0 Å². The zero-order valence-corrected chi connectivity index (χ0v) is 14.8. The van der Waals surface area contributed by atoms with Crippen LogP contribution in [0.1, 0.15) is 63.4 Å². The van der Waals surface area contributed by atoms with E-state index in [2.05, 4.69) is 37.4 Å². The smallest absolute Gasteiger partial charge is 0.0978 e. The first-order chi connectivity index (χ1) is 11.1. The van der Waals surface area contributed by atoms with Crippen LogP contribution in [0.15, 0.2) is 30.3 Å². The minimum absolute atomic E-state index is 0.440. The summed E-state index contributed by atoms with van der Waals surface area (Å²) >= 11 is 0. The molecule has 128 valence electrons. The summed E-state index contributed by atoms with van der Waals surface area (Å²) in [4.78, 5) is 0. The van der Waals surface area contributed by atoms with Crippen molar-refractivity contribution in [3.8, 4) is 0 Å². The zero-order chi connectivity index (χ0) is 16.2. The van der Waals surface area contributed by atoms with E-state index in [1.54, 1.807) is 0 Å². The zero-order valence-electron chi connectivity index (χ0n) is 14.8. The van der Waals surface area contributed by atoms with Gasteiger partial charge in [-0.3, -0.25) is 0 Å². The maximum atomic E-state index is 11.7. The van der Waals surface area contributed by atoms with Crippen LogP contribution in [0.5, 0.6) is 0 Å². The highest BCUT2D eigenvalue weighted by atomic mass is 16.3. The second-order valence-corrected chi connectivity index (χ2v) is 8.23. The number of quaternary nitrogens is 1. The van der Waals surface area contributed by atoms with E-state index in [-0.39, 0.29) is 0 Å². The topological polar surface area (TPSA) is 20.2 Å². The Morgan fingerprint density at radius 3 is 2.22 bits per heavy atom. The van der Waals surface area contributed by atoms with Gasteiger partial charge in [0.05, 0.1) is 32.3 Å². The third-order valence-corrected chi connectivity index (χ3v) is 6.48. The summed E-state index contributed by atoms with van der Waals surface area (Å²) in [7, 11) is 2.39. The highest BCUT2D eigenvalue weighted by Crippen LogP contribution is 2.42. The Morgan fingerprint density at radius 2 is 1.57 bits per heavy atom. The lowest BCUT2D eigenvalue weighted by molar-refractivity contribution is -0.915. The number of rotatable bonds is 5. The van der Waals surface area contributed by atoms with Gasteiger partial charge in [-0.2, -0.15) is 0 Å². The summed E-state index contributed by atoms with van der Waals surface area (Å²) in [6, 6.07) is 10.5. The van der Waals surface area contributed by atoms with Crippen LogP contribution in [0.25, 0.3) is 0 Å². The number of likely N-dealkylation sites (tertiary alicyclic amines) is 1. The van der Waals surface area contributed by atoms with Crippen molar-refractivity contribution < 1.29 is 9.59 Å². The number of hydrogen-bond donors (Lipinski definition) is 1. The predicted octanol–water partition coefficient (Wildman–Crippen LogP) is 4.48. The first-order valence-corrected chi connectivity index (χ1v) is 9.74. The molecule has 0 aromatic heterocycles. The van der Waals surface area contributed by atoms with Crippen molar-refractivity contribution in [1.29, 1.82) is 0 Å². The lowest BCUT2D eigenvalue weighted by atomic mass is 9.71. The predicted molar refractivity (Wildman–Crippen MR) is 96.2 cm³/mol. The molecule has 23 heavy (non-hydrogen) atoms. The number of piperidine rings is 1. The van der Waals surface area contributed by atoms with Crippen molar-refractivity contribution in [2.75, 3.05) is 26.7 Å². The minimum Gasteiger partial charge on any atom is -0.385 e. The molecule has 0 spiro atoms. The molecule has 0 unspecified atom stereocenters. The molecule has 1 aromatic carbocycles. The van der Waals surface area contributed by atoms with Crippen LogP contribution in [0.3, 0.4) is 0 Å². The molecule has 2 fully saturated rings. The van der Waals surface area contributed by atoms with Gasteiger partial charge in [-0.15, -0.1) is 0 Å². The van der Waals surface area contributed by atoms with Crippen molar-refractivity contribution >= 4 is 0 Å². The van der Waals surface area contributed by atoms with Crippen LogP contribution in [-0.2, 0) is 5.60 Å². The third kappa shape index (κ3) is 3.97. The summed E-state index contributed by atoms with van der Waals surface area (Å²) in [5.41, 5.74) is 0.524. The molecule has 2 nitrogen and oxygen atoms in total. The molecular weight excluding hydrogens is 282 g/mol. The second kappa shape index (κ2) is 7.36. The fourth-order valence-corrected chi connectivity index (χ4v) is 4.83. The van der Waals surface area contributed by atoms with Crippen molar-refractivity contribution in [1.82, 2.24) is 0 Å². The van der Waals surface area contributed by atoms with Gasteiger partial charge in [0.15, 0.2) is 0 Å². The van der Waals surface area contributed by atoms with Crippen molar-refractivity contribution in [2.45, 2.75) is 63.4 Å². The molecule has 1 atom stereocenters. The van der Waals surface area contributed by atoms with Crippen LogP contribution < -0.4 is 0 Å². The van der Waals surface area contributed by atoms with E-state index in [1.165, 1.54) is 64.5 Å². The average Bonchev–Trinajstić information content (AvgIpc) is 2.62. The molecule has 0 amide bonds. The van der Waals surface area contributed by atoms with Crippen molar-refractivity contribution in [2.24, 2.45) is 5.92 Å². The van der Waals surface area contributed by atoms with Gasteiger partial charge in [-0.1, -0.05) is 49.6 Å². The highest BCUT2D eigenvalue weighted by Gasteiger charge is 2.41. The SMILES string of the molecule is C[N+]1(CC[C@@](O)(c2ccccc2)C2CCCCC2)CCCCC1. The standard InChI is InChI=1S/C21H34NO/c1-22(16-9-4-10-17-22)18-15-21(23,19-11-5-2-6-12-19)20-13-7-3-8-14-20/h2,5-6,11-12,20,23H,3-4,7-10,13-18H2,1H3/q+1/t21-/m1/s1. The Labute approximate surface area is 142 Å². The van der Waals surface area contributed by atoms with Gasteiger partial charge in [0.2, 0.25) is 0 Å². The molecule has 1 aromatic rings. The Morgan fingerprint density at radius 1 is 0.957 bits per heavy atom. The molecule has 0 bridgehead atoms. The molecule has 2 heteroatoms. The number of benzene rings is 1. The third-order valence-electron chi connectivity index (χ3n) is 6.48. The Hall–Kier alpha value is -0.860. The summed E-state index contributed by atoms with van der Waals surface area (Å²) in [6.07, 6.45) is 11.3. The first-order valence-electron chi connectivity index (χ1n) is 9.74. The lowest BCUT2D eigenvalue weighted by Crippen LogP contribution is -2.51. The van der Waals surface area contributed by atoms with E-state index < -0.39 is 5.60 Å². The van der Waals surface area contributed by atoms with E-state index in [1.807, 2.05) is 0 Å². The van der Waals surface area contributed by atoms with Crippen LogP contribution in [0.4, 0.5) is 0 Å². The van der Waals surface area contributed by atoms with Gasteiger partial charge in [0.1, 0.15) is 0 Å². The molecule has 1 saturated carbocycles. The number of aliphatic hydroxyl groups is 1. The van der Waals surface area contributed by atoms with Crippen LogP contribution >= 0.6 is 0 Å². The van der Waals surface area contributed by atoms with Gasteiger partial charge < -0.3 is 9.59 Å². The first kappa shape index (κ1) is 17.0. The normalized spacial score (nSPS) is 25.0. The van der Waals surface area contributed by atoms with Crippen LogP contribution in [-0.4, -0.2) is 36.3 Å². The maximum Gasteiger partial charge on any atom is 0.0978 e. The van der Waals surface area contributed by atoms with Crippen LogP contribution in [0.2, 0.25) is 0 Å². The van der Waals surface area contributed by atoms with Gasteiger partial charge in [-0.25, -0.2) is 0 Å². The Balaban J connectivity index is 1.77. The molecule has 1 saturated heterocycles. The van der Waals surface area contributed by atoms with Gasteiger partial charge in [-0.05, 0) is 43.6 Å². The van der Waals surface area contributed by atoms with Gasteiger partial charge in [0, 0.05) is 6.42 Å². The van der Waals surface area contributed by atoms with Gasteiger partial charge in [0.25, 0.3) is 0 Å². The van der Waals surface area contributed by atoms with E-state index in [0.29, 0.717) is 5.92 Å². The molecule has 1 heterocycles. The lowest BCUT2D eigenvalue weighted by Gasteiger charge is -2.43. The molecule has 0 radical (unpaired) electrons. The Kier molecular flexibility index (Phi) is 5.43. The van der Waals surface area contributed by atoms with E-state index in [9.17, 15) is 5.11 Å². The summed E-state index contributed by atoms with van der Waals surface area (Å²) in [5.74, 6) is 0.440. The highest BCUT2D eigenvalue weighted by molar-refractivity contribution is 5.23. The van der Waals surface area contributed by atoms with E-state index in [0.717, 1.165) is 23.0 Å². The summed E-state index contributed by atoms with van der Waals surface area (Å²) in [5, 5.41) is 11.7. The van der Waals surface area contributed by atoms with E-state index in [4.69, 9.17) is 0 Å². The number of nitrogens with zero attached hydrogens (tertiary/aromatic N) is 1. The molecule has 1 N–H and O–H groups in total. The fraction of sp³-hybridized carbons (Fsp3) is 0.714. The van der Waals surface area contributed by atoms with Crippen molar-refractivity contribution in [3.63, 3.8) is 0 Å². The van der Waals surface area contributed by atoms with Crippen LogP contribution in [0, 0.1) is 5.92 Å². The fourth-order valence-electron chi connectivity index (χ4n) is 4.83. The maximum absolute atomic E-state index is 11.7. The molecule has 3 rings (SSSR count). The average molecular weight is 317 g/mol. The van der Waals surface area contributed by atoms with Crippen molar-refractivity contribution in [3.05, 3.63) is 35.9 Å². The quantitative estimate of drug-likeness (QED) is 0.794. The molecule has 1 aliphatic carbocycles. The van der Waals surface area contributed by atoms with E-state index >= 15 is 0 Å². The monoisotopic (exact) mass is 316 g/mol. The largest absolute Gasteiger partial charge is 0.385 e. The summed E-state index contributed by atoms with van der Waals surface area (Å²) < 4.78 is 1.15. The molecule has 2 aliphatic rings.